The van der Waals surface area contributed by atoms with Gasteiger partial charge in [0, 0.05) is 12.5 Å². The average molecular weight is 228 g/mol. The van der Waals surface area contributed by atoms with Gasteiger partial charge in [-0.15, -0.1) is 0 Å². The van der Waals surface area contributed by atoms with Crippen LogP contribution in [0.3, 0.4) is 0 Å². The second-order valence-corrected chi connectivity index (χ2v) is 10.8. The number of hydrogen-bond acceptors (Lipinski definition) is 2. The average Bonchev–Trinajstić information content (AvgIpc) is 2.46. The molecule has 2 atom stereocenters. The molecule has 1 rings (SSSR count). The molecule has 1 aliphatic carbocycles. The molecule has 15 heavy (non-hydrogen) atoms. The molecule has 0 saturated carbocycles. The molecule has 0 radical (unpaired) electrons. The maximum Gasteiger partial charge on any atom is 0.192 e. The minimum atomic E-state index is -1.61. The Bertz CT molecular complexity index is 240. The minimum absolute atomic E-state index is 0.252. The largest absolute Gasteiger partial charge is 0.416 e. The Hall–Kier alpha value is -0.123. The zero-order valence-corrected chi connectivity index (χ0v) is 11.6. The van der Waals surface area contributed by atoms with Gasteiger partial charge >= 0.3 is 0 Å². The summed E-state index contributed by atoms with van der Waals surface area (Å²) < 4.78 is 6.10. The lowest BCUT2D eigenvalue weighted by Crippen LogP contribution is -2.41. The fourth-order valence-corrected chi connectivity index (χ4v) is 2.47. The van der Waals surface area contributed by atoms with Crippen molar-refractivity contribution in [3.63, 3.8) is 0 Å². The van der Waals surface area contributed by atoms with Crippen LogP contribution < -0.4 is 0 Å². The second kappa shape index (κ2) is 4.40. The first-order valence-electron chi connectivity index (χ1n) is 5.73. The Morgan fingerprint density at radius 3 is 2.33 bits per heavy atom. The fraction of sp³-hybridized carbons (Fsp3) is 0.833. The van der Waals surface area contributed by atoms with Gasteiger partial charge in [-0.1, -0.05) is 32.9 Å². The third-order valence-corrected chi connectivity index (χ3v) is 8.11. The van der Waals surface area contributed by atoms with E-state index >= 15 is 0 Å². The lowest BCUT2D eigenvalue weighted by atomic mass is 10.1. The van der Waals surface area contributed by atoms with Gasteiger partial charge in [0.15, 0.2) is 8.32 Å². The first kappa shape index (κ1) is 12.9. The fourth-order valence-electron chi connectivity index (χ4n) is 1.41. The molecular weight excluding hydrogens is 204 g/mol. The van der Waals surface area contributed by atoms with E-state index in [1.807, 2.05) is 6.08 Å². The van der Waals surface area contributed by atoms with E-state index in [0.717, 1.165) is 13.0 Å². The molecule has 0 bridgehead atoms. The van der Waals surface area contributed by atoms with Crippen molar-refractivity contribution < 1.29 is 9.53 Å². The highest BCUT2D eigenvalue weighted by Gasteiger charge is 2.37. The van der Waals surface area contributed by atoms with E-state index in [2.05, 4.69) is 39.9 Å². The summed E-state index contributed by atoms with van der Waals surface area (Å²) in [6.45, 7) is 12.0. The van der Waals surface area contributed by atoms with E-state index in [-0.39, 0.29) is 11.1 Å². The van der Waals surface area contributed by atoms with Crippen molar-refractivity contribution in [2.45, 2.75) is 51.4 Å². The van der Waals surface area contributed by atoms with Crippen molar-refractivity contribution in [3.05, 3.63) is 12.2 Å². The lowest BCUT2D eigenvalue weighted by Gasteiger charge is -2.36. The van der Waals surface area contributed by atoms with Gasteiger partial charge in [-0.25, -0.2) is 0 Å². The van der Waals surface area contributed by atoms with Crippen molar-refractivity contribution in [3.8, 4) is 0 Å². The van der Waals surface area contributed by atoms with Crippen LogP contribution in [0, 0.1) is 5.92 Å². The van der Waals surface area contributed by atoms with Gasteiger partial charge in [0.25, 0.3) is 0 Å². The zero-order valence-electron chi connectivity index (χ0n) is 10.6. The normalized spacial score (nSPS) is 27.3. The molecule has 0 fully saturated rings. The molecule has 0 aromatic carbocycles. The van der Waals surface area contributed by atoms with Crippen molar-refractivity contribution >= 4 is 8.32 Å². The molecule has 0 aromatic rings. The highest BCUT2D eigenvalue weighted by atomic mass is 28.4. The molecule has 3 heteroatoms. The molecular formula is C12H24O2Si. The summed E-state index contributed by atoms with van der Waals surface area (Å²) >= 11 is 0. The molecule has 0 heterocycles. The standard InChI is InChI=1S/C12H24O2Si/c1-12(2,3)15(4,5)14-9-10-6-7-11(13)8-10/h6-7,10-11,13H,8-9H2,1-5H3/t10-,11+/m0/s1. The van der Waals surface area contributed by atoms with Gasteiger partial charge in [-0.05, 0) is 24.6 Å². The van der Waals surface area contributed by atoms with Crippen molar-refractivity contribution in [1.29, 1.82) is 0 Å². The maximum atomic E-state index is 9.36. The van der Waals surface area contributed by atoms with Crippen LogP contribution >= 0.6 is 0 Å². The second-order valence-electron chi connectivity index (χ2n) is 6.02. The van der Waals surface area contributed by atoms with Crippen LogP contribution in [0.2, 0.25) is 18.1 Å². The highest BCUT2D eigenvalue weighted by molar-refractivity contribution is 6.74. The van der Waals surface area contributed by atoms with Crippen LogP contribution in [-0.4, -0.2) is 26.1 Å². The van der Waals surface area contributed by atoms with Gasteiger partial charge in [0.1, 0.15) is 0 Å². The van der Waals surface area contributed by atoms with Gasteiger partial charge in [-0.2, -0.15) is 0 Å². The molecule has 1 N–H and O–H groups in total. The monoisotopic (exact) mass is 228 g/mol. The van der Waals surface area contributed by atoms with E-state index in [0.29, 0.717) is 5.92 Å². The van der Waals surface area contributed by atoms with Gasteiger partial charge in [0.05, 0.1) is 6.10 Å². The minimum Gasteiger partial charge on any atom is -0.416 e. The number of aliphatic hydroxyl groups is 1. The van der Waals surface area contributed by atoms with E-state index in [1.54, 1.807) is 0 Å². The zero-order chi connectivity index (χ0) is 11.7. The molecule has 1 aliphatic rings. The summed E-state index contributed by atoms with van der Waals surface area (Å²) in [7, 11) is -1.61. The summed E-state index contributed by atoms with van der Waals surface area (Å²) in [5.74, 6) is 0.411. The quantitative estimate of drug-likeness (QED) is 0.594. The smallest absolute Gasteiger partial charge is 0.192 e. The Morgan fingerprint density at radius 1 is 1.33 bits per heavy atom. The summed E-state index contributed by atoms with van der Waals surface area (Å²) in [6, 6.07) is 0. The molecule has 0 unspecified atom stereocenters. The Labute approximate surface area is 94.5 Å². The van der Waals surface area contributed by atoms with Crippen LogP contribution in [0.25, 0.3) is 0 Å². The van der Waals surface area contributed by atoms with Crippen molar-refractivity contribution in [1.82, 2.24) is 0 Å². The van der Waals surface area contributed by atoms with Gasteiger partial charge in [0.2, 0.25) is 0 Å². The van der Waals surface area contributed by atoms with E-state index in [4.69, 9.17) is 4.43 Å². The molecule has 88 valence electrons. The van der Waals surface area contributed by atoms with Gasteiger partial charge < -0.3 is 9.53 Å². The SMILES string of the molecule is CC(C)(C)[Si](C)(C)OC[C@H]1C=C[C@@H](O)C1. The predicted octanol–water partition coefficient (Wildman–Crippen LogP) is 2.95. The molecule has 2 nitrogen and oxygen atoms in total. The molecule has 0 saturated heterocycles. The summed E-state index contributed by atoms with van der Waals surface area (Å²) in [4.78, 5) is 0. The maximum absolute atomic E-state index is 9.36. The van der Waals surface area contributed by atoms with Crippen LogP contribution in [0.15, 0.2) is 12.2 Å². The number of rotatable bonds is 3. The highest BCUT2D eigenvalue weighted by Crippen LogP contribution is 2.37. The Morgan fingerprint density at radius 2 is 1.93 bits per heavy atom. The van der Waals surface area contributed by atoms with Crippen LogP contribution in [0.5, 0.6) is 0 Å². The topological polar surface area (TPSA) is 29.5 Å². The van der Waals surface area contributed by atoms with Crippen LogP contribution in [-0.2, 0) is 4.43 Å². The molecule has 0 amide bonds. The number of aliphatic hydroxyl groups excluding tert-OH is 1. The summed E-state index contributed by atoms with van der Waals surface area (Å²) in [5, 5.41) is 9.63. The third-order valence-electron chi connectivity index (χ3n) is 3.61. The molecule has 0 aliphatic heterocycles. The number of hydrogen-bond donors (Lipinski definition) is 1. The van der Waals surface area contributed by atoms with Crippen LogP contribution in [0.1, 0.15) is 27.2 Å². The third kappa shape index (κ3) is 3.43. The first-order valence-corrected chi connectivity index (χ1v) is 8.63. The van der Waals surface area contributed by atoms with Crippen molar-refractivity contribution in [2.75, 3.05) is 6.61 Å². The summed E-state index contributed by atoms with van der Waals surface area (Å²) in [6.07, 6.45) is 4.53. The van der Waals surface area contributed by atoms with Crippen LogP contribution in [0.4, 0.5) is 0 Å². The lowest BCUT2D eigenvalue weighted by molar-refractivity contribution is 0.182. The van der Waals surface area contributed by atoms with E-state index in [1.165, 1.54) is 0 Å². The summed E-state index contributed by atoms with van der Waals surface area (Å²) in [5.41, 5.74) is 0. The Kier molecular flexibility index (Phi) is 3.79. The van der Waals surface area contributed by atoms with Crippen molar-refractivity contribution in [2.24, 2.45) is 5.92 Å². The Balaban J connectivity index is 2.40. The van der Waals surface area contributed by atoms with E-state index in [9.17, 15) is 5.11 Å². The van der Waals surface area contributed by atoms with E-state index < -0.39 is 8.32 Å². The first-order chi connectivity index (χ1) is 6.72. The predicted molar refractivity (Wildman–Crippen MR) is 66.4 cm³/mol. The molecule has 0 spiro atoms. The van der Waals surface area contributed by atoms with Gasteiger partial charge in [-0.3, -0.25) is 0 Å². The molecule has 0 aromatic heterocycles.